The van der Waals surface area contributed by atoms with Crippen LogP contribution < -0.4 is 10.3 Å². The van der Waals surface area contributed by atoms with Crippen molar-refractivity contribution in [1.29, 1.82) is 0 Å². The summed E-state index contributed by atoms with van der Waals surface area (Å²) in [6.07, 6.45) is 0. The number of para-hydroxylation sites is 1. The number of carbonyl (C=O) groups excluding carboxylic acids is 1. The molecule has 0 saturated heterocycles. The highest BCUT2D eigenvalue weighted by atomic mass is 35.5. The predicted molar refractivity (Wildman–Crippen MR) is 78.5 cm³/mol. The molecule has 0 unspecified atom stereocenters. The molecule has 0 N–H and O–H groups in total. The van der Waals surface area contributed by atoms with Gasteiger partial charge < -0.3 is 9.30 Å². The van der Waals surface area contributed by atoms with Gasteiger partial charge in [-0.15, -0.1) is 0 Å². The summed E-state index contributed by atoms with van der Waals surface area (Å²) in [5.74, 6) is 0.690. The molecule has 0 fully saturated rings. The second kappa shape index (κ2) is 5.92. The smallest absolute Gasteiger partial charge is 0.262 e. The van der Waals surface area contributed by atoms with E-state index in [1.54, 1.807) is 13.1 Å². The highest BCUT2D eigenvalue weighted by Crippen LogP contribution is 2.28. The first kappa shape index (κ1) is 14.3. The van der Waals surface area contributed by atoms with Gasteiger partial charge in [0.05, 0.1) is 17.9 Å². The Balaban J connectivity index is 2.63. The maximum Gasteiger partial charge on any atom is 0.262 e. The third kappa shape index (κ3) is 2.60. The first-order chi connectivity index (χ1) is 9.56. The van der Waals surface area contributed by atoms with Crippen LogP contribution in [0.5, 0.6) is 5.75 Å². The lowest BCUT2D eigenvalue weighted by atomic mass is 10.1. The minimum absolute atomic E-state index is 0.0354. The van der Waals surface area contributed by atoms with Crippen molar-refractivity contribution in [1.82, 2.24) is 4.57 Å². The molecule has 0 atom stereocenters. The summed E-state index contributed by atoms with van der Waals surface area (Å²) in [7, 11) is 1.60. The van der Waals surface area contributed by atoms with E-state index in [1.807, 2.05) is 31.2 Å². The number of benzene rings is 1. The van der Waals surface area contributed by atoms with Crippen LogP contribution in [0.1, 0.15) is 17.3 Å². The van der Waals surface area contributed by atoms with E-state index in [2.05, 4.69) is 0 Å². The normalized spacial score (nSPS) is 10.3. The molecule has 1 aromatic heterocycles. The largest absolute Gasteiger partial charge is 0.493 e. The lowest BCUT2D eigenvalue weighted by Gasteiger charge is -2.13. The number of nitrogens with zero attached hydrogens (tertiary/aromatic N) is 1. The van der Waals surface area contributed by atoms with Crippen LogP contribution in [0.25, 0.3) is 11.3 Å². The molecule has 20 heavy (non-hydrogen) atoms. The van der Waals surface area contributed by atoms with Crippen LogP contribution in [-0.2, 0) is 7.05 Å². The summed E-state index contributed by atoms with van der Waals surface area (Å²) in [4.78, 5) is 23.3. The highest BCUT2D eigenvalue weighted by Gasteiger charge is 2.14. The van der Waals surface area contributed by atoms with E-state index in [4.69, 9.17) is 16.3 Å². The molecule has 0 aliphatic rings. The van der Waals surface area contributed by atoms with Gasteiger partial charge in [-0.25, -0.2) is 0 Å². The first-order valence-electron chi connectivity index (χ1n) is 6.18. The second-order valence-corrected chi connectivity index (χ2v) is 4.54. The van der Waals surface area contributed by atoms with Crippen molar-refractivity contribution in [2.45, 2.75) is 6.92 Å². The van der Waals surface area contributed by atoms with Gasteiger partial charge in [0.25, 0.3) is 10.8 Å². The van der Waals surface area contributed by atoms with Crippen LogP contribution in [0.2, 0.25) is 0 Å². The Hall–Kier alpha value is -2.07. The maximum absolute atomic E-state index is 12.1. The van der Waals surface area contributed by atoms with Gasteiger partial charge in [0.15, 0.2) is 0 Å². The molecule has 5 heteroatoms. The average molecular weight is 292 g/mol. The van der Waals surface area contributed by atoms with Crippen molar-refractivity contribution >= 4 is 16.8 Å². The summed E-state index contributed by atoms with van der Waals surface area (Å²) in [6, 6.07) is 10.6. The van der Waals surface area contributed by atoms with Crippen molar-refractivity contribution in [2.24, 2.45) is 7.05 Å². The molecule has 2 rings (SSSR count). The SMILES string of the molecule is CCOc1ccccc1-c1ccc(C(=O)Cl)c(=O)n1C. The molecular formula is C15H14ClNO3. The fourth-order valence-corrected chi connectivity index (χ4v) is 2.16. The van der Waals surface area contributed by atoms with Crippen LogP contribution in [0, 0.1) is 0 Å². The van der Waals surface area contributed by atoms with Gasteiger partial charge in [-0.2, -0.15) is 0 Å². The van der Waals surface area contributed by atoms with Crippen molar-refractivity contribution in [3.05, 3.63) is 52.3 Å². The number of hydrogen-bond donors (Lipinski definition) is 0. The molecule has 0 spiro atoms. The van der Waals surface area contributed by atoms with E-state index in [0.29, 0.717) is 18.1 Å². The van der Waals surface area contributed by atoms with Crippen LogP contribution in [0.3, 0.4) is 0 Å². The van der Waals surface area contributed by atoms with Gasteiger partial charge >= 0.3 is 0 Å². The molecule has 2 aromatic rings. The predicted octanol–water partition coefficient (Wildman–Crippen LogP) is 2.83. The van der Waals surface area contributed by atoms with Gasteiger partial charge in [-0.05, 0) is 42.8 Å². The number of aromatic nitrogens is 1. The fraction of sp³-hybridized carbons (Fsp3) is 0.200. The average Bonchev–Trinajstić information content (AvgIpc) is 2.43. The van der Waals surface area contributed by atoms with Gasteiger partial charge in [0.1, 0.15) is 5.75 Å². The third-order valence-electron chi connectivity index (χ3n) is 2.98. The van der Waals surface area contributed by atoms with Crippen LogP contribution in [-0.4, -0.2) is 16.4 Å². The Bertz CT molecular complexity index is 707. The Morgan fingerprint density at radius 2 is 1.95 bits per heavy atom. The molecule has 0 saturated carbocycles. The van der Waals surface area contributed by atoms with E-state index in [0.717, 1.165) is 5.56 Å². The van der Waals surface area contributed by atoms with E-state index >= 15 is 0 Å². The number of rotatable bonds is 4. The zero-order valence-electron chi connectivity index (χ0n) is 11.2. The van der Waals surface area contributed by atoms with Gasteiger partial charge in [0, 0.05) is 12.6 Å². The summed E-state index contributed by atoms with van der Waals surface area (Å²) >= 11 is 5.38. The van der Waals surface area contributed by atoms with E-state index in [9.17, 15) is 9.59 Å². The zero-order valence-corrected chi connectivity index (χ0v) is 12.0. The van der Waals surface area contributed by atoms with E-state index < -0.39 is 10.8 Å². The minimum atomic E-state index is -0.754. The second-order valence-electron chi connectivity index (χ2n) is 4.20. The van der Waals surface area contributed by atoms with Crippen LogP contribution >= 0.6 is 11.6 Å². The van der Waals surface area contributed by atoms with Gasteiger partial charge in [-0.3, -0.25) is 9.59 Å². The van der Waals surface area contributed by atoms with Crippen LogP contribution in [0.4, 0.5) is 0 Å². The fourth-order valence-electron chi connectivity index (χ4n) is 2.02. The van der Waals surface area contributed by atoms with Crippen molar-refractivity contribution in [3.63, 3.8) is 0 Å². The van der Waals surface area contributed by atoms with Gasteiger partial charge in [0.2, 0.25) is 0 Å². The first-order valence-corrected chi connectivity index (χ1v) is 6.56. The Kier molecular flexibility index (Phi) is 4.25. The van der Waals surface area contributed by atoms with Crippen molar-refractivity contribution < 1.29 is 9.53 Å². The standard InChI is InChI=1S/C15H14ClNO3/c1-3-20-13-7-5-4-6-10(13)12-9-8-11(14(16)18)15(19)17(12)2/h4-9H,3H2,1-2H3. The summed E-state index contributed by atoms with van der Waals surface area (Å²) in [6.45, 7) is 2.42. The summed E-state index contributed by atoms with van der Waals surface area (Å²) < 4.78 is 6.95. The third-order valence-corrected chi connectivity index (χ3v) is 3.18. The van der Waals surface area contributed by atoms with Crippen molar-refractivity contribution in [2.75, 3.05) is 6.61 Å². The quantitative estimate of drug-likeness (QED) is 0.814. The lowest BCUT2D eigenvalue weighted by molar-refractivity contribution is 0.107. The topological polar surface area (TPSA) is 48.3 Å². The minimum Gasteiger partial charge on any atom is -0.493 e. The molecule has 104 valence electrons. The molecule has 0 amide bonds. The summed E-state index contributed by atoms with van der Waals surface area (Å²) in [5.41, 5.74) is 1.00. The van der Waals surface area contributed by atoms with Gasteiger partial charge in [-0.1, -0.05) is 12.1 Å². The highest BCUT2D eigenvalue weighted by molar-refractivity contribution is 6.67. The number of hydrogen-bond acceptors (Lipinski definition) is 3. The molecule has 0 bridgehead atoms. The Morgan fingerprint density at radius 3 is 2.60 bits per heavy atom. The molecule has 1 heterocycles. The van der Waals surface area contributed by atoms with Crippen molar-refractivity contribution in [3.8, 4) is 17.0 Å². The number of ether oxygens (including phenoxy) is 1. The number of pyridine rings is 1. The Labute approximate surface area is 121 Å². The molecule has 1 aromatic carbocycles. The molecule has 0 aliphatic heterocycles. The lowest BCUT2D eigenvalue weighted by Crippen LogP contribution is -2.23. The molecular weight excluding hydrogens is 278 g/mol. The van der Waals surface area contributed by atoms with E-state index in [1.165, 1.54) is 10.6 Å². The van der Waals surface area contributed by atoms with Crippen LogP contribution in [0.15, 0.2) is 41.2 Å². The van der Waals surface area contributed by atoms with E-state index in [-0.39, 0.29) is 5.56 Å². The number of halogens is 1. The molecule has 0 aliphatic carbocycles. The molecule has 0 radical (unpaired) electrons. The maximum atomic E-state index is 12.1. The Morgan fingerprint density at radius 1 is 1.25 bits per heavy atom. The summed E-state index contributed by atoms with van der Waals surface area (Å²) in [5, 5.41) is -0.754. The molecule has 4 nitrogen and oxygen atoms in total. The number of carbonyl (C=O) groups is 1. The zero-order chi connectivity index (χ0) is 14.7. The monoisotopic (exact) mass is 291 g/mol.